The monoisotopic (exact) mass is 518 g/mol. The van der Waals surface area contributed by atoms with Gasteiger partial charge in [0.15, 0.2) is 0 Å². The second-order valence-electron chi connectivity index (χ2n) is 11.7. The van der Waals surface area contributed by atoms with Crippen LogP contribution in [-0.2, 0) is 15.2 Å². The maximum absolute atomic E-state index is 13.2. The Kier molecular flexibility index (Phi) is 7.70. The van der Waals surface area contributed by atoms with Gasteiger partial charge in [-0.05, 0) is 49.8 Å². The second kappa shape index (κ2) is 10.3. The van der Waals surface area contributed by atoms with Crippen LogP contribution in [0.2, 0.25) is 5.02 Å². The maximum atomic E-state index is 13.2. The van der Waals surface area contributed by atoms with Crippen LogP contribution >= 0.6 is 11.6 Å². The lowest BCUT2D eigenvalue weighted by Crippen LogP contribution is -2.59. The third-order valence-electron chi connectivity index (χ3n) is 8.73. The topological polar surface area (TPSA) is 111 Å². The molecule has 2 aliphatic heterocycles. The number of halogens is 1. The van der Waals surface area contributed by atoms with E-state index < -0.39 is 11.0 Å². The average Bonchev–Trinajstić information content (AvgIpc) is 3.23. The number of amides is 3. The molecule has 1 aliphatic carbocycles. The molecule has 1 saturated carbocycles. The van der Waals surface area contributed by atoms with Crippen molar-refractivity contribution in [2.24, 2.45) is 17.3 Å². The van der Waals surface area contributed by atoms with Crippen molar-refractivity contribution in [1.82, 2.24) is 20.9 Å². The lowest BCUT2D eigenvalue weighted by Gasteiger charge is -2.51. The van der Waals surface area contributed by atoms with Gasteiger partial charge in [-0.2, -0.15) is 0 Å². The number of carbonyl (C=O) groups excluding carboxylic acids is 3. The first-order valence-electron chi connectivity index (χ1n) is 13.0. The SMILES string of the molecule is C[C@@H](C=O)C(CN1CC[C@](O)(c2ccc(Cl)cc2)C(C)(C)C1)NC(=O)[C@@H]1CCC2(CCNC(=O)N2)C1. The molecule has 1 spiro atoms. The van der Waals surface area contributed by atoms with Crippen LogP contribution in [0.15, 0.2) is 24.3 Å². The zero-order chi connectivity index (χ0) is 26.1. The van der Waals surface area contributed by atoms with Crippen LogP contribution in [0, 0.1) is 17.3 Å². The first-order chi connectivity index (χ1) is 17.0. The Labute approximate surface area is 218 Å². The molecule has 3 aliphatic rings. The Bertz CT molecular complexity index is 986. The molecule has 2 heterocycles. The Morgan fingerprint density at radius 3 is 2.64 bits per heavy atom. The normalized spacial score (nSPS) is 31.8. The van der Waals surface area contributed by atoms with Gasteiger partial charge in [0.05, 0.1) is 11.6 Å². The highest BCUT2D eigenvalue weighted by Crippen LogP contribution is 2.46. The van der Waals surface area contributed by atoms with Crippen LogP contribution in [0.25, 0.3) is 0 Å². The number of hydrogen-bond donors (Lipinski definition) is 4. The molecule has 3 fully saturated rings. The summed E-state index contributed by atoms with van der Waals surface area (Å²) in [7, 11) is 0. The minimum Gasteiger partial charge on any atom is -0.385 e. The van der Waals surface area contributed by atoms with Gasteiger partial charge in [0.2, 0.25) is 5.91 Å². The number of aldehydes is 1. The van der Waals surface area contributed by atoms with Crippen LogP contribution < -0.4 is 16.0 Å². The van der Waals surface area contributed by atoms with Gasteiger partial charge in [-0.15, -0.1) is 0 Å². The van der Waals surface area contributed by atoms with Crippen molar-refractivity contribution in [2.75, 3.05) is 26.2 Å². The Morgan fingerprint density at radius 2 is 2.00 bits per heavy atom. The summed E-state index contributed by atoms with van der Waals surface area (Å²) in [6, 6.07) is 6.88. The molecule has 0 aromatic heterocycles. The number of piperidine rings is 1. The van der Waals surface area contributed by atoms with Crippen molar-refractivity contribution >= 4 is 29.8 Å². The van der Waals surface area contributed by atoms with Crippen LogP contribution in [0.1, 0.15) is 58.4 Å². The molecule has 1 aromatic rings. The van der Waals surface area contributed by atoms with Crippen LogP contribution in [0.4, 0.5) is 4.79 Å². The van der Waals surface area contributed by atoms with Gasteiger partial charge in [-0.25, -0.2) is 4.79 Å². The summed E-state index contributed by atoms with van der Waals surface area (Å²) < 4.78 is 0. The Hall–Kier alpha value is -2.16. The van der Waals surface area contributed by atoms with Gasteiger partial charge >= 0.3 is 6.03 Å². The average molecular weight is 519 g/mol. The van der Waals surface area contributed by atoms with E-state index in [1.807, 2.05) is 19.1 Å². The highest BCUT2D eigenvalue weighted by Gasteiger charge is 2.49. The molecule has 8 nitrogen and oxygen atoms in total. The van der Waals surface area contributed by atoms with Crippen molar-refractivity contribution in [2.45, 2.75) is 70.1 Å². The van der Waals surface area contributed by atoms with Gasteiger partial charge in [0.25, 0.3) is 0 Å². The summed E-state index contributed by atoms with van der Waals surface area (Å²) in [4.78, 5) is 39.1. The molecule has 4 N–H and O–H groups in total. The fraction of sp³-hybridized carbons (Fsp3) is 0.667. The van der Waals surface area contributed by atoms with Crippen molar-refractivity contribution in [3.05, 3.63) is 34.9 Å². The summed E-state index contributed by atoms with van der Waals surface area (Å²) >= 11 is 6.05. The molecule has 9 heteroatoms. The number of likely N-dealkylation sites (tertiary alicyclic amines) is 1. The van der Waals surface area contributed by atoms with Gasteiger partial charge in [-0.1, -0.05) is 44.5 Å². The lowest BCUT2D eigenvalue weighted by molar-refractivity contribution is -0.132. The fourth-order valence-electron chi connectivity index (χ4n) is 6.31. The molecule has 3 amide bonds. The number of rotatable bonds is 7. The van der Waals surface area contributed by atoms with E-state index in [0.29, 0.717) is 44.0 Å². The zero-order valence-electron chi connectivity index (χ0n) is 21.5. The summed E-state index contributed by atoms with van der Waals surface area (Å²) in [5.41, 5.74) is -0.911. The standard InChI is InChI=1S/C27H39ClN4O4/c1-18(16-33)22(30-23(34)19-8-9-26(14-19)10-12-29-24(35)31-26)15-32-13-11-27(36,25(2,3)17-32)20-4-6-21(28)7-5-20/h4-7,16,18-19,22,36H,8-15,17H2,1-3H3,(H,30,34)(H2,29,31,35)/t18-,19+,22?,26?,27-/m0/s1. The van der Waals surface area contributed by atoms with Crippen molar-refractivity contribution < 1.29 is 19.5 Å². The minimum absolute atomic E-state index is 0.0488. The lowest BCUT2D eigenvalue weighted by atomic mass is 9.66. The molecule has 0 radical (unpaired) electrons. The minimum atomic E-state index is -0.999. The van der Waals surface area contributed by atoms with Crippen molar-refractivity contribution in [1.29, 1.82) is 0 Å². The summed E-state index contributed by atoms with van der Waals surface area (Å²) in [6.07, 6.45) is 4.38. The third kappa shape index (κ3) is 5.41. The smallest absolute Gasteiger partial charge is 0.315 e. The molecule has 4 rings (SSSR count). The van der Waals surface area contributed by atoms with E-state index in [-0.39, 0.29) is 35.4 Å². The zero-order valence-corrected chi connectivity index (χ0v) is 22.2. The number of carbonyl (C=O) groups is 3. The van der Waals surface area contributed by atoms with Crippen LogP contribution in [-0.4, -0.2) is 66.0 Å². The largest absolute Gasteiger partial charge is 0.385 e. The summed E-state index contributed by atoms with van der Waals surface area (Å²) in [5.74, 6) is -0.576. The van der Waals surface area contributed by atoms with Crippen molar-refractivity contribution in [3.63, 3.8) is 0 Å². The van der Waals surface area contributed by atoms with E-state index in [9.17, 15) is 19.5 Å². The first-order valence-corrected chi connectivity index (χ1v) is 13.4. The highest BCUT2D eigenvalue weighted by molar-refractivity contribution is 6.30. The van der Waals surface area contributed by atoms with E-state index in [2.05, 4.69) is 34.7 Å². The molecule has 0 bridgehead atoms. The van der Waals surface area contributed by atoms with E-state index in [1.54, 1.807) is 12.1 Å². The first kappa shape index (κ1) is 26.9. The number of benzene rings is 1. The number of aliphatic hydroxyl groups is 1. The van der Waals surface area contributed by atoms with E-state index in [4.69, 9.17) is 11.6 Å². The summed E-state index contributed by atoms with van der Waals surface area (Å²) in [5, 5.41) is 21.3. The number of nitrogens with one attached hydrogen (secondary N) is 3. The van der Waals surface area contributed by atoms with Crippen LogP contribution in [0.3, 0.4) is 0 Å². The molecule has 2 unspecified atom stereocenters. The number of urea groups is 1. The van der Waals surface area contributed by atoms with Gasteiger partial charge in [-0.3, -0.25) is 4.79 Å². The quantitative estimate of drug-likeness (QED) is 0.415. The van der Waals surface area contributed by atoms with E-state index >= 15 is 0 Å². The number of hydrogen-bond acceptors (Lipinski definition) is 5. The van der Waals surface area contributed by atoms with Crippen LogP contribution in [0.5, 0.6) is 0 Å². The number of nitrogens with zero attached hydrogens (tertiary/aromatic N) is 1. The molecular formula is C27H39ClN4O4. The molecular weight excluding hydrogens is 480 g/mol. The third-order valence-corrected chi connectivity index (χ3v) is 8.98. The molecule has 5 atom stereocenters. The predicted octanol–water partition coefficient (Wildman–Crippen LogP) is 2.82. The fourth-order valence-corrected chi connectivity index (χ4v) is 6.44. The molecule has 1 aromatic carbocycles. The van der Waals surface area contributed by atoms with Gasteiger partial charge < -0.3 is 30.8 Å². The highest BCUT2D eigenvalue weighted by atomic mass is 35.5. The van der Waals surface area contributed by atoms with E-state index in [0.717, 1.165) is 31.1 Å². The Balaban J connectivity index is 1.40. The second-order valence-corrected chi connectivity index (χ2v) is 12.1. The summed E-state index contributed by atoms with van der Waals surface area (Å²) in [6.45, 7) is 8.36. The maximum Gasteiger partial charge on any atom is 0.315 e. The van der Waals surface area contributed by atoms with Crippen molar-refractivity contribution in [3.8, 4) is 0 Å². The molecule has 198 valence electrons. The predicted molar refractivity (Wildman–Crippen MR) is 139 cm³/mol. The van der Waals surface area contributed by atoms with E-state index in [1.165, 1.54) is 0 Å². The molecule has 2 saturated heterocycles. The Morgan fingerprint density at radius 1 is 1.28 bits per heavy atom. The molecule has 36 heavy (non-hydrogen) atoms. The van der Waals surface area contributed by atoms with Gasteiger partial charge in [0, 0.05) is 54.0 Å². The van der Waals surface area contributed by atoms with Gasteiger partial charge in [0.1, 0.15) is 6.29 Å².